The van der Waals surface area contributed by atoms with Crippen LogP contribution >= 0.6 is 0 Å². The van der Waals surface area contributed by atoms with Crippen LogP contribution in [0.4, 0.5) is 5.69 Å². The molecule has 0 aliphatic heterocycles. The van der Waals surface area contributed by atoms with Crippen LogP contribution in [0.2, 0.25) is 0 Å². The number of carbonyl (C=O) groups excluding carboxylic acids is 1. The van der Waals surface area contributed by atoms with Gasteiger partial charge in [0.05, 0.1) is 25.5 Å². The monoisotopic (exact) mass is 351 g/mol. The maximum absolute atomic E-state index is 12.5. The van der Waals surface area contributed by atoms with E-state index in [0.29, 0.717) is 23.7 Å². The standard InChI is InChI=1S/C19H21N5O2/c1-4-14-5-7-15(8-6-14)12-24-13(2)18(22-23-24)19(25)21-16-11-20-10-9-17(16)26-3/h5-11H,4,12H2,1-3H3,(H,21,25). The van der Waals surface area contributed by atoms with Crippen molar-refractivity contribution in [2.75, 3.05) is 12.4 Å². The van der Waals surface area contributed by atoms with Gasteiger partial charge in [-0.1, -0.05) is 36.4 Å². The van der Waals surface area contributed by atoms with Gasteiger partial charge in [0.1, 0.15) is 11.4 Å². The lowest BCUT2D eigenvalue weighted by Gasteiger charge is -2.08. The molecule has 0 spiro atoms. The number of hydrogen-bond donors (Lipinski definition) is 1. The minimum atomic E-state index is -0.346. The number of nitrogens with zero attached hydrogens (tertiary/aromatic N) is 4. The Morgan fingerprint density at radius 1 is 1.19 bits per heavy atom. The molecular weight excluding hydrogens is 330 g/mol. The van der Waals surface area contributed by atoms with E-state index in [1.807, 2.05) is 6.92 Å². The van der Waals surface area contributed by atoms with Crippen molar-refractivity contribution in [2.24, 2.45) is 0 Å². The number of amides is 1. The normalized spacial score (nSPS) is 10.6. The number of nitrogens with one attached hydrogen (secondary N) is 1. The first kappa shape index (κ1) is 17.6. The smallest absolute Gasteiger partial charge is 0.278 e. The third kappa shape index (κ3) is 3.72. The summed E-state index contributed by atoms with van der Waals surface area (Å²) in [4.78, 5) is 16.5. The first-order valence-corrected chi connectivity index (χ1v) is 8.39. The van der Waals surface area contributed by atoms with E-state index in [-0.39, 0.29) is 11.6 Å². The number of aromatic nitrogens is 4. The second-order valence-corrected chi connectivity index (χ2v) is 5.88. The van der Waals surface area contributed by atoms with Crippen molar-refractivity contribution >= 4 is 11.6 Å². The molecule has 1 amide bonds. The van der Waals surface area contributed by atoms with E-state index in [2.05, 4.69) is 51.8 Å². The third-order valence-corrected chi connectivity index (χ3v) is 4.21. The van der Waals surface area contributed by atoms with Gasteiger partial charge >= 0.3 is 0 Å². The van der Waals surface area contributed by atoms with Gasteiger partial charge in [-0.15, -0.1) is 5.10 Å². The van der Waals surface area contributed by atoms with Gasteiger partial charge < -0.3 is 10.1 Å². The van der Waals surface area contributed by atoms with E-state index in [1.165, 1.54) is 18.9 Å². The summed E-state index contributed by atoms with van der Waals surface area (Å²) in [5, 5.41) is 10.9. The molecule has 0 aliphatic carbocycles. The highest BCUT2D eigenvalue weighted by molar-refractivity contribution is 6.04. The Morgan fingerprint density at radius 3 is 2.62 bits per heavy atom. The minimum Gasteiger partial charge on any atom is -0.494 e. The van der Waals surface area contributed by atoms with E-state index in [0.717, 1.165) is 12.0 Å². The number of anilines is 1. The van der Waals surface area contributed by atoms with Crippen LogP contribution in [0.1, 0.15) is 34.2 Å². The number of ether oxygens (including phenoxy) is 1. The molecule has 1 aromatic carbocycles. The van der Waals surface area contributed by atoms with Crippen molar-refractivity contribution < 1.29 is 9.53 Å². The Kier molecular flexibility index (Phi) is 5.26. The van der Waals surface area contributed by atoms with Gasteiger partial charge in [0.25, 0.3) is 5.91 Å². The van der Waals surface area contributed by atoms with Gasteiger partial charge in [0.2, 0.25) is 0 Å². The minimum absolute atomic E-state index is 0.279. The number of benzene rings is 1. The van der Waals surface area contributed by atoms with E-state index >= 15 is 0 Å². The summed E-state index contributed by atoms with van der Waals surface area (Å²) in [5.41, 5.74) is 3.86. The Bertz CT molecular complexity index is 903. The van der Waals surface area contributed by atoms with Crippen molar-refractivity contribution in [3.63, 3.8) is 0 Å². The molecule has 0 saturated heterocycles. The molecule has 3 rings (SSSR count). The highest BCUT2D eigenvalue weighted by Crippen LogP contribution is 2.22. The highest BCUT2D eigenvalue weighted by Gasteiger charge is 2.18. The fourth-order valence-corrected chi connectivity index (χ4v) is 2.61. The molecule has 0 fully saturated rings. The molecule has 0 atom stereocenters. The number of carbonyl (C=O) groups is 1. The zero-order valence-electron chi connectivity index (χ0n) is 15.1. The summed E-state index contributed by atoms with van der Waals surface area (Å²) < 4.78 is 6.94. The Hall–Kier alpha value is -3.22. The van der Waals surface area contributed by atoms with E-state index in [1.54, 1.807) is 16.9 Å². The lowest BCUT2D eigenvalue weighted by atomic mass is 10.1. The topological polar surface area (TPSA) is 81.9 Å². The average molecular weight is 351 g/mol. The van der Waals surface area contributed by atoms with Gasteiger partial charge in [0.15, 0.2) is 5.69 Å². The summed E-state index contributed by atoms with van der Waals surface area (Å²) in [6, 6.07) is 10.0. The number of aryl methyl sites for hydroxylation is 1. The molecule has 0 unspecified atom stereocenters. The first-order chi connectivity index (χ1) is 12.6. The van der Waals surface area contributed by atoms with Crippen molar-refractivity contribution in [3.8, 4) is 5.75 Å². The lowest BCUT2D eigenvalue weighted by Crippen LogP contribution is -2.15. The summed E-state index contributed by atoms with van der Waals surface area (Å²) in [5.74, 6) is 0.191. The van der Waals surface area contributed by atoms with Gasteiger partial charge in [-0.2, -0.15) is 0 Å². The number of pyridine rings is 1. The van der Waals surface area contributed by atoms with Crippen molar-refractivity contribution in [1.82, 2.24) is 20.0 Å². The number of methoxy groups -OCH3 is 1. The maximum atomic E-state index is 12.5. The summed E-state index contributed by atoms with van der Waals surface area (Å²) in [6.07, 6.45) is 4.14. The maximum Gasteiger partial charge on any atom is 0.278 e. The second-order valence-electron chi connectivity index (χ2n) is 5.88. The van der Waals surface area contributed by atoms with Crippen molar-refractivity contribution in [3.05, 3.63) is 65.2 Å². The largest absolute Gasteiger partial charge is 0.494 e. The quantitative estimate of drug-likeness (QED) is 0.738. The van der Waals surface area contributed by atoms with Crippen LogP contribution in [0, 0.1) is 6.92 Å². The van der Waals surface area contributed by atoms with Crippen LogP contribution in [0.15, 0.2) is 42.7 Å². The van der Waals surface area contributed by atoms with Crippen molar-refractivity contribution in [2.45, 2.75) is 26.8 Å². The van der Waals surface area contributed by atoms with Crippen LogP contribution in [0.25, 0.3) is 0 Å². The predicted octanol–water partition coefficient (Wildman–Crippen LogP) is 2.85. The third-order valence-electron chi connectivity index (χ3n) is 4.21. The number of rotatable bonds is 6. The van der Waals surface area contributed by atoms with Gasteiger partial charge in [-0.3, -0.25) is 9.78 Å². The number of hydrogen-bond acceptors (Lipinski definition) is 5. The van der Waals surface area contributed by atoms with Crippen molar-refractivity contribution in [1.29, 1.82) is 0 Å². The van der Waals surface area contributed by atoms with E-state index < -0.39 is 0 Å². The van der Waals surface area contributed by atoms with Crippen LogP contribution < -0.4 is 10.1 Å². The summed E-state index contributed by atoms with van der Waals surface area (Å²) in [6.45, 7) is 4.51. The van der Waals surface area contributed by atoms with Gasteiger partial charge in [-0.25, -0.2) is 4.68 Å². The molecule has 2 heterocycles. The molecule has 0 radical (unpaired) electrons. The molecule has 0 aliphatic rings. The van der Waals surface area contributed by atoms with Crippen LogP contribution in [0.5, 0.6) is 5.75 Å². The average Bonchev–Trinajstić information content (AvgIpc) is 3.03. The van der Waals surface area contributed by atoms with Gasteiger partial charge in [0, 0.05) is 12.3 Å². The predicted molar refractivity (Wildman–Crippen MR) is 98.4 cm³/mol. The van der Waals surface area contributed by atoms with Crippen LogP contribution in [0.3, 0.4) is 0 Å². The van der Waals surface area contributed by atoms with E-state index in [9.17, 15) is 4.79 Å². The SMILES string of the molecule is CCc1ccc(Cn2nnc(C(=O)Nc3cnccc3OC)c2C)cc1. The van der Waals surface area contributed by atoms with Crippen LogP contribution in [-0.4, -0.2) is 33.0 Å². The van der Waals surface area contributed by atoms with E-state index in [4.69, 9.17) is 4.74 Å². The molecular formula is C19H21N5O2. The lowest BCUT2D eigenvalue weighted by molar-refractivity contribution is 0.102. The van der Waals surface area contributed by atoms with Gasteiger partial charge in [-0.05, 0) is 24.5 Å². The Labute approximate surface area is 152 Å². The molecule has 7 nitrogen and oxygen atoms in total. The zero-order chi connectivity index (χ0) is 18.5. The molecule has 0 bridgehead atoms. The fourth-order valence-electron chi connectivity index (χ4n) is 2.61. The molecule has 3 aromatic rings. The highest BCUT2D eigenvalue weighted by atomic mass is 16.5. The second kappa shape index (κ2) is 7.77. The molecule has 2 aromatic heterocycles. The molecule has 0 saturated carbocycles. The molecule has 26 heavy (non-hydrogen) atoms. The fraction of sp³-hybridized carbons (Fsp3) is 0.263. The Balaban J connectivity index is 1.76. The molecule has 1 N–H and O–H groups in total. The van der Waals surface area contributed by atoms with Crippen LogP contribution in [-0.2, 0) is 13.0 Å². The molecule has 134 valence electrons. The molecule has 7 heteroatoms. The summed E-state index contributed by atoms with van der Waals surface area (Å²) >= 11 is 0. The Morgan fingerprint density at radius 2 is 1.92 bits per heavy atom. The zero-order valence-corrected chi connectivity index (χ0v) is 15.1. The summed E-state index contributed by atoms with van der Waals surface area (Å²) in [7, 11) is 1.54. The first-order valence-electron chi connectivity index (χ1n) is 8.39.